The third-order valence-electron chi connectivity index (χ3n) is 2.79. The van der Waals surface area contributed by atoms with Crippen LogP contribution < -0.4 is 5.32 Å². The van der Waals surface area contributed by atoms with Gasteiger partial charge in [-0.15, -0.1) is 0 Å². The molecule has 2 rings (SSSR count). The number of carbonyl (C=O) groups is 1. The van der Waals surface area contributed by atoms with Crippen molar-refractivity contribution in [3.63, 3.8) is 0 Å². The third-order valence-corrected chi connectivity index (χ3v) is 2.98. The SMILES string of the molecule is CC(C)c1cc(C(=O)Nc2cc(F)cc(F)c2)cc(Cl)n1. The van der Waals surface area contributed by atoms with Gasteiger partial charge in [0.25, 0.3) is 5.91 Å². The summed E-state index contributed by atoms with van der Waals surface area (Å²) in [6.07, 6.45) is 0. The van der Waals surface area contributed by atoms with Crippen molar-refractivity contribution in [2.45, 2.75) is 19.8 Å². The van der Waals surface area contributed by atoms with Crippen molar-refractivity contribution in [1.29, 1.82) is 0 Å². The Labute approximate surface area is 126 Å². The predicted octanol–water partition coefficient (Wildman–Crippen LogP) is 4.39. The number of anilines is 1. The van der Waals surface area contributed by atoms with Crippen LogP contribution in [-0.4, -0.2) is 10.9 Å². The summed E-state index contributed by atoms with van der Waals surface area (Å²) in [5.41, 5.74) is 0.984. The Bertz CT molecular complexity index is 669. The minimum absolute atomic E-state index is 0.0385. The molecule has 1 aromatic heterocycles. The number of nitrogens with zero attached hydrogens (tertiary/aromatic N) is 1. The molecule has 1 N–H and O–H groups in total. The van der Waals surface area contributed by atoms with E-state index in [1.807, 2.05) is 13.8 Å². The Balaban J connectivity index is 2.28. The first-order chi connectivity index (χ1) is 9.85. The summed E-state index contributed by atoms with van der Waals surface area (Å²) in [5, 5.41) is 2.62. The van der Waals surface area contributed by atoms with Crippen LogP contribution in [0.2, 0.25) is 5.15 Å². The molecule has 0 fully saturated rings. The van der Waals surface area contributed by atoms with E-state index in [1.54, 1.807) is 6.07 Å². The fourth-order valence-corrected chi connectivity index (χ4v) is 1.99. The maximum atomic E-state index is 13.1. The van der Waals surface area contributed by atoms with Gasteiger partial charge < -0.3 is 5.32 Å². The largest absolute Gasteiger partial charge is 0.322 e. The summed E-state index contributed by atoms with van der Waals surface area (Å²) in [7, 11) is 0. The summed E-state index contributed by atoms with van der Waals surface area (Å²) < 4.78 is 26.2. The molecule has 0 bridgehead atoms. The van der Waals surface area contributed by atoms with Gasteiger partial charge in [-0.3, -0.25) is 4.79 Å². The van der Waals surface area contributed by atoms with Gasteiger partial charge in [-0.05, 0) is 30.2 Å². The molecule has 0 radical (unpaired) electrons. The molecule has 1 heterocycles. The Morgan fingerprint density at radius 1 is 1.14 bits per heavy atom. The van der Waals surface area contributed by atoms with E-state index < -0.39 is 17.5 Å². The van der Waals surface area contributed by atoms with Gasteiger partial charge in [0.2, 0.25) is 0 Å². The first-order valence-corrected chi connectivity index (χ1v) is 6.68. The number of benzene rings is 1. The molecule has 0 saturated carbocycles. The quantitative estimate of drug-likeness (QED) is 0.854. The van der Waals surface area contributed by atoms with Gasteiger partial charge in [0.15, 0.2) is 0 Å². The van der Waals surface area contributed by atoms with Crippen LogP contribution in [0.3, 0.4) is 0 Å². The van der Waals surface area contributed by atoms with E-state index in [2.05, 4.69) is 10.3 Å². The highest BCUT2D eigenvalue weighted by atomic mass is 35.5. The number of amides is 1. The zero-order valence-electron chi connectivity index (χ0n) is 11.5. The summed E-state index contributed by atoms with van der Waals surface area (Å²) in [4.78, 5) is 16.2. The number of nitrogens with one attached hydrogen (secondary N) is 1. The molecule has 1 amide bonds. The highest BCUT2D eigenvalue weighted by molar-refractivity contribution is 6.29. The molecule has 2 aromatic rings. The standard InChI is InChI=1S/C15H13ClF2N2O/c1-8(2)13-3-9(4-14(16)20-13)15(21)19-12-6-10(17)5-11(18)7-12/h3-8H,1-2H3,(H,19,21). The second-order valence-electron chi connectivity index (χ2n) is 4.87. The summed E-state index contributed by atoms with van der Waals surface area (Å²) in [6, 6.07) is 5.80. The fourth-order valence-electron chi connectivity index (χ4n) is 1.77. The average Bonchev–Trinajstić information content (AvgIpc) is 2.36. The van der Waals surface area contributed by atoms with Crippen molar-refractivity contribution in [2.75, 3.05) is 5.32 Å². The van der Waals surface area contributed by atoms with Gasteiger partial charge in [-0.1, -0.05) is 25.4 Å². The maximum absolute atomic E-state index is 13.1. The number of pyridine rings is 1. The van der Waals surface area contributed by atoms with Crippen molar-refractivity contribution in [1.82, 2.24) is 4.98 Å². The topological polar surface area (TPSA) is 42.0 Å². The lowest BCUT2D eigenvalue weighted by Crippen LogP contribution is -2.13. The number of hydrogen-bond acceptors (Lipinski definition) is 2. The minimum Gasteiger partial charge on any atom is -0.322 e. The van der Waals surface area contributed by atoms with E-state index in [0.717, 1.165) is 18.2 Å². The molecule has 3 nitrogen and oxygen atoms in total. The van der Waals surface area contributed by atoms with Crippen molar-refractivity contribution in [3.8, 4) is 0 Å². The van der Waals surface area contributed by atoms with Crippen molar-refractivity contribution in [2.24, 2.45) is 0 Å². The molecular weight excluding hydrogens is 298 g/mol. The van der Waals surface area contributed by atoms with Crippen LogP contribution in [-0.2, 0) is 0 Å². The Morgan fingerprint density at radius 3 is 2.33 bits per heavy atom. The molecule has 6 heteroatoms. The number of aromatic nitrogens is 1. The van der Waals surface area contributed by atoms with Crippen LogP contribution in [0, 0.1) is 11.6 Å². The van der Waals surface area contributed by atoms with E-state index in [1.165, 1.54) is 6.07 Å². The number of carbonyl (C=O) groups excluding carboxylic acids is 1. The monoisotopic (exact) mass is 310 g/mol. The minimum atomic E-state index is -0.763. The normalized spacial score (nSPS) is 10.8. The first-order valence-electron chi connectivity index (χ1n) is 6.30. The van der Waals surface area contributed by atoms with Gasteiger partial charge in [0.05, 0.1) is 0 Å². The predicted molar refractivity (Wildman–Crippen MR) is 77.6 cm³/mol. The molecule has 0 aliphatic rings. The lowest BCUT2D eigenvalue weighted by atomic mass is 10.1. The van der Waals surface area contributed by atoms with Crippen LogP contribution >= 0.6 is 11.6 Å². The highest BCUT2D eigenvalue weighted by Crippen LogP contribution is 2.19. The Morgan fingerprint density at radius 2 is 1.76 bits per heavy atom. The second kappa shape index (κ2) is 6.18. The van der Waals surface area contributed by atoms with Crippen LogP contribution in [0.5, 0.6) is 0 Å². The van der Waals surface area contributed by atoms with Gasteiger partial charge in [0.1, 0.15) is 16.8 Å². The van der Waals surface area contributed by atoms with Crippen molar-refractivity contribution in [3.05, 3.63) is 58.4 Å². The molecule has 0 aliphatic carbocycles. The van der Waals surface area contributed by atoms with E-state index in [9.17, 15) is 13.6 Å². The molecule has 1 aromatic carbocycles. The molecule has 0 atom stereocenters. The lowest BCUT2D eigenvalue weighted by molar-refractivity contribution is 0.102. The molecule has 0 spiro atoms. The molecule has 0 saturated heterocycles. The Hall–Kier alpha value is -2.01. The average molecular weight is 311 g/mol. The molecule has 110 valence electrons. The van der Waals surface area contributed by atoms with Crippen molar-refractivity contribution < 1.29 is 13.6 Å². The number of halogens is 3. The second-order valence-corrected chi connectivity index (χ2v) is 5.26. The van der Waals surface area contributed by atoms with Crippen molar-refractivity contribution >= 4 is 23.2 Å². The smallest absolute Gasteiger partial charge is 0.255 e. The van der Waals surface area contributed by atoms with Gasteiger partial charge in [-0.25, -0.2) is 13.8 Å². The Kier molecular flexibility index (Phi) is 4.53. The van der Waals surface area contributed by atoms with Gasteiger partial charge >= 0.3 is 0 Å². The maximum Gasteiger partial charge on any atom is 0.255 e. The highest BCUT2D eigenvalue weighted by Gasteiger charge is 2.12. The van der Waals surface area contributed by atoms with Crippen LogP contribution in [0.1, 0.15) is 35.8 Å². The van der Waals surface area contributed by atoms with Crippen LogP contribution in [0.15, 0.2) is 30.3 Å². The molecule has 0 unspecified atom stereocenters. The number of rotatable bonds is 3. The fraction of sp³-hybridized carbons (Fsp3) is 0.200. The first kappa shape index (κ1) is 15.4. The summed E-state index contributed by atoms with van der Waals surface area (Å²) >= 11 is 5.88. The zero-order chi connectivity index (χ0) is 15.6. The van der Waals surface area contributed by atoms with Gasteiger partial charge in [0, 0.05) is 23.0 Å². The lowest BCUT2D eigenvalue weighted by Gasteiger charge is -2.09. The van der Waals surface area contributed by atoms with E-state index in [0.29, 0.717) is 5.69 Å². The van der Waals surface area contributed by atoms with Crippen LogP contribution in [0.4, 0.5) is 14.5 Å². The summed E-state index contributed by atoms with van der Waals surface area (Å²) in [5.74, 6) is -1.94. The third kappa shape index (κ3) is 3.98. The molecule has 21 heavy (non-hydrogen) atoms. The van der Waals surface area contributed by atoms with E-state index in [4.69, 9.17) is 11.6 Å². The van der Waals surface area contributed by atoms with E-state index >= 15 is 0 Å². The van der Waals surface area contributed by atoms with E-state index in [-0.39, 0.29) is 22.3 Å². The summed E-state index contributed by atoms with van der Waals surface area (Å²) in [6.45, 7) is 3.84. The van der Waals surface area contributed by atoms with Crippen LogP contribution in [0.25, 0.3) is 0 Å². The van der Waals surface area contributed by atoms with Gasteiger partial charge in [-0.2, -0.15) is 0 Å². The number of hydrogen-bond donors (Lipinski definition) is 1. The molecule has 0 aliphatic heterocycles. The zero-order valence-corrected chi connectivity index (χ0v) is 12.2. The molecular formula is C15H13ClF2N2O.